The zero-order valence-corrected chi connectivity index (χ0v) is 10.6. The molecule has 0 radical (unpaired) electrons. The molecule has 9 heteroatoms. The van der Waals surface area contributed by atoms with E-state index in [4.69, 9.17) is 22.2 Å². The van der Waals surface area contributed by atoms with Crippen LogP contribution in [-0.4, -0.2) is 9.91 Å². The van der Waals surface area contributed by atoms with E-state index in [1.807, 2.05) is 0 Å². The third-order valence-electron chi connectivity index (χ3n) is 2.29. The van der Waals surface area contributed by atoms with E-state index in [2.05, 4.69) is 10.4 Å². The van der Waals surface area contributed by atoms with Crippen LogP contribution in [0.15, 0.2) is 30.3 Å². The molecular formula is C11H8ClFN4O3. The number of nitro groups is 1. The Morgan fingerprint density at radius 2 is 2.15 bits per heavy atom. The molecule has 0 bridgehead atoms. The van der Waals surface area contributed by atoms with Crippen LogP contribution in [0.4, 0.5) is 15.9 Å². The number of nitrogens with two attached hydrogens (primary N) is 1. The van der Waals surface area contributed by atoms with Gasteiger partial charge in [0.25, 0.3) is 0 Å². The summed E-state index contributed by atoms with van der Waals surface area (Å²) in [5, 5.41) is 10.8. The Balaban J connectivity index is 2.40. The monoisotopic (exact) mass is 298 g/mol. The smallest absolute Gasteiger partial charge is 0.331 e. The first-order chi connectivity index (χ1) is 9.51. The number of benzene rings is 1. The van der Waals surface area contributed by atoms with Crippen molar-refractivity contribution in [2.75, 3.05) is 5.43 Å². The molecule has 0 spiro atoms. The summed E-state index contributed by atoms with van der Waals surface area (Å²) < 4.78 is 18.5. The van der Waals surface area contributed by atoms with E-state index in [-0.39, 0.29) is 28.2 Å². The molecule has 0 amide bonds. The number of rotatable bonds is 4. The van der Waals surface area contributed by atoms with Gasteiger partial charge in [-0.1, -0.05) is 11.6 Å². The highest BCUT2D eigenvalue weighted by Gasteiger charge is 2.18. The maximum absolute atomic E-state index is 13.3. The van der Waals surface area contributed by atoms with Crippen molar-refractivity contribution in [2.45, 2.75) is 0 Å². The summed E-state index contributed by atoms with van der Waals surface area (Å²) in [7, 11) is 0. The second kappa shape index (κ2) is 5.68. The number of nitrogens with one attached hydrogen (secondary N) is 1. The Labute approximate surface area is 117 Å². The van der Waals surface area contributed by atoms with Crippen molar-refractivity contribution >= 4 is 23.1 Å². The molecule has 1 aromatic heterocycles. The summed E-state index contributed by atoms with van der Waals surface area (Å²) in [5.41, 5.74) is 1.86. The van der Waals surface area contributed by atoms with E-state index in [9.17, 15) is 14.5 Å². The fourth-order valence-electron chi connectivity index (χ4n) is 1.38. The normalized spacial score (nSPS) is 10.2. The summed E-state index contributed by atoms with van der Waals surface area (Å²) >= 11 is 5.53. The predicted octanol–water partition coefficient (Wildman–Crippen LogP) is 2.86. The van der Waals surface area contributed by atoms with Crippen molar-refractivity contribution in [1.82, 2.24) is 4.98 Å². The lowest BCUT2D eigenvalue weighted by molar-refractivity contribution is -0.386. The molecule has 20 heavy (non-hydrogen) atoms. The molecule has 1 heterocycles. The summed E-state index contributed by atoms with van der Waals surface area (Å²) in [4.78, 5) is 14.0. The van der Waals surface area contributed by atoms with Crippen LogP contribution >= 0.6 is 11.6 Å². The molecule has 0 saturated heterocycles. The first-order valence-electron chi connectivity index (χ1n) is 5.26. The number of aromatic nitrogens is 1. The number of halogens is 2. The predicted molar refractivity (Wildman–Crippen MR) is 70.2 cm³/mol. The Kier molecular flexibility index (Phi) is 3.97. The maximum Gasteiger partial charge on any atom is 0.331 e. The first kappa shape index (κ1) is 14.0. The zero-order chi connectivity index (χ0) is 14.7. The topological polar surface area (TPSA) is 103 Å². The van der Waals surface area contributed by atoms with Crippen molar-refractivity contribution in [1.29, 1.82) is 0 Å². The van der Waals surface area contributed by atoms with Gasteiger partial charge in [-0.25, -0.2) is 10.2 Å². The minimum atomic E-state index is -0.708. The molecular weight excluding hydrogens is 291 g/mol. The van der Waals surface area contributed by atoms with E-state index >= 15 is 0 Å². The van der Waals surface area contributed by atoms with Gasteiger partial charge in [0.1, 0.15) is 17.4 Å². The number of anilines is 1. The SMILES string of the molecule is NNc1ccc([N+](=O)[O-])c(Oc2ccc(Cl)c(F)c2)n1. The second-order valence-electron chi connectivity index (χ2n) is 3.60. The molecule has 2 aromatic rings. The molecule has 0 aliphatic heterocycles. The summed E-state index contributed by atoms with van der Waals surface area (Å²) in [6.45, 7) is 0. The average Bonchev–Trinajstić information content (AvgIpc) is 2.42. The van der Waals surface area contributed by atoms with Gasteiger partial charge in [0, 0.05) is 12.1 Å². The Hall–Kier alpha value is -2.45. The van der Waals surface area contributed by atoms with E-state index < -0.39 is 10.7 Å². The molecule has 0 unspecified atom stereocenters. The minimum Gasteiger partial charge on any atom is -0.434 e. The van der Waals surface area contributed by atoms with Crippen molar-refractivity contribution in [2.24, 2.45) is 5.84 Å². The van der Waals surface area contributed by atoms with Gasteiger partial charge in [0.15, 0.2) is 0 Å². The van der Waals surface area contributed by atoms with Crippen LogP contribution < -0.4 is 16.0 Å². The summed E-state index contributed by atoms with van der Waals surface area (Å²) in [6, 6.07) is 6.11. The Morgan fingerprint density at radius 3 is 2.75 bits per heavy atom. The average molecular weight is 299 g/mol. The maximum atomic E-state index is 13.3. The van der Waals surface area contributed by atoms with E-state index in [0.29, 0.717) is 0 Å². The molecule has 0 saturated carbocycles. The van der Waals surface area contributed by atoms with Gasteiger partial charge in [-0.2, -0.15) is 4.98 Å². The fraction of sp³-hybridized carbons (Fsp3) is 0. The molecule has 0 aliphatic rings. The number of hydrogen-bond donors (Lipinski definition) is 2. The third-order valence-corrected chi connectivity index (χ3v) is 2.60. The highest BCUT2D eigenvalue weighted by Crippen LogP contribution is 2.31. The van der Waals surface area contributed by atoms with Gasteiger partial charge >= 0.3 is 11.6 Å². The molecule has 0 aliphatic carbocycles. The molecule has 0 fully saturated rings. The third kappa shape index (κ3) is 2.92. The quantitative estimate of drug-likeness (QED) is 0.511. The van der Waals surface area contributed by atoms with E-state index in [1.54, 1.807) is 0 Å². The number of nitrogens with zero attached hydrogens (tertiary/aromatic N) is 2. The largest absolute Gasteiger partial charge is 0.434 e. The molecule has 1 aromatic carbocycles. The highest BCUT2D eigenvalue weighted by atomic mass is 35.5. The molecule has 2 rings (SSSR count). The Morgan fingerprint density at radius 1 is 1.40 bits per heavy atom. The van der Waals surface area contributed by atoms with Crippen LogP contribution in [0.3, 0.4) is 0 Å². The first-order valence-corrected chi connectivity index (χ1v) is 5.64. The number of pyridine rings is 1. The second-order valence-corrected chi connectivity index (χ2v) is 4.01. The zero-order valence-electron chi connectivity index (χ0n) is 9.84. The lowest BCUT2D eigenvalue weighted by Gasteiger charge is -2.07. The highest BCUT2D eigenvalue weighted by molar-refractivity contribution is 6.30. The number of hydrazine groups is 1. The van der Waals surface area contributed by atoms with Crippen molar-refractivity contribution in [3.05, 3.63) is 51.3 Å². The standard InChI is InChI=1S/C11H8ClFN4O3/c12-7-2-1-6(5-8(7)13)20-11-9(17(18)19)3-4-10(15-11)16-14/h1-5H,14H2,(H,15,16). The molecule has 0 atom stereocenters. The molecule has 7 nitrogen and oxygen atoms in total. The van der Waals surface area contributed by atoms with Crippen LogP contribution in [0.1, 0.15) is 0 Å². The van der Waals surface area contributed by atoms with Gasteiger partial charge in [0.05, 0.1) is 9.95 Å². The fourth-order valence-corrected chi connectivity index (χ4v) is 1.50. The van der Waals surface area contributed by atoms with Gasteiger partial charge < -0.3 is 10.2 Å². The van der Waals surface area contributed by atoms with E-state index in [1.165, 1.54) is 24.3 Å². The van der Waals surface area contributed by atoms with Crippen LogP contribution in [0, 0.1) is 15.9 Å². The van der Waals surface area contributed by atoms with Gasteiger partial charge in [-0.05, 0) is 18.2 Å². The lowest BCUT2D eigenvalue weighted by Crippen LogP contribution is -2.09. The lowest BCUT2D eigenvalue weighted by atomic mass is 10.3. The van der Waals surface area contributed by atoms with Crippen molar-refractivity contribution < 1.29 is 14.1 Å². The molecule has 104 valence electrons. The summed E-state index contributed by atoms with van der Waals surface area (Å²) in [6.07, 6.45) is 0. The van der Waals surface area contributed by atoms with Gasteiger partial charge in [-0.3, -0.25) is 10.1 Å². The van der Waals surface area contributed by atoms with Gasteiger partial charge in [-0.15, -0.1) is 0 Å². The Bertz CT molecular complexity index is 668. The van der Waals surface area contributed by atoms with Crippen LogP contribution in [-0.2, 0) is 0 Å². The van der Waals surface area contributed by atoms with Crippen LogP contribution in [0.2, 0.25) is 5.02 Å². The van der Waals surface area contributed by atoms with Gasteiger partial charge in [0.2, 0.25) is 0 Å². The minimum absolute atomic E-state index is 0.0247. The van der Waals surface area contributed by atoms with Crippen molar-refractivity contribution in [3.63, 3.8) is 0 Å². The van der Waals surface area contributed by atoms with Crippen molar-refractivity contribution in [3.8, 4) is 11.6 Å². The summed E-state index contributed by atoms with van der Waals surface area (Å²) in [5.74, 6) is 4.34. The number of ether oxygens (including phenoxy) is 1. The molecule has 3 N–H and O–H groups in total. The van der Waals surface area contributed by atoms with Crippen LogP contribution in [0.5, 0.6) is 11.6 Å². The number of nitrogen functional groups attached to an aromatic ring is 1. The number of hydrogen-bond acceptors (Lipinski definition) is 6. The van der Waals surface area contributed by atoms with E-state index in [0.717, 1.165) is 6.07 Å². The van der Waals surface area contributed by atoms with Crippen LogP contribution in [0.25, 0.3) is 0 Å².